The van der Waals surface area contributed by atoms with Gasteiger partial charge in [-0.25, -0.2) is 4.79 Å². The quantitative estimate of drug-likeness (QED) is 0.911. The van der Waals surface area contributed by atoms with Gasteiger partial charge in [0, 0.05) is 5.69 Å². The van der Waals surface area contributed by atoms with E-state index in [0.717, 1.165) is 4.90 Å². The fourth-order valence-corrected chi connectivity index (χ4v) is 2.77. The number of cyclic esters (lactones) is 1. The number of aliphatic hydroxyl groups excluding tert-OH is 1. The summed E-state index contributed by atoms with van der Waals surface area (Å²) in [5.41, 5.74) is 0.193. The summed E-state index contributed by atoms with van der Waals surface area (Å²) in [7, 11) is 0. The second-order valence-corrected chi connectivity index (χ2v) is 5.46. The van der Waals surface area contributed by atoms with E-state index in [9.17, 15) is 18.0 Å². The zero-order valence-electron chi connectivity index (χ0n) is 11.8. The highest BCUT2D eigenvalue weighted by molar-refractivity contribution is 6.32. The van der Waals surface area contributed by atoms with Crippen LogP contribution >= 0.6 is 11.6 Å². The molecule has 0 saturated carbocycles. The van der Waals surface area contributed by atoms with Crippen molar-refractivity contribution in [3.63, 3.8) is 0 Å². The van der Waals surface area contributed by atoms with Crippen LogP contribution in [0.1, 0.15) is 12.5 Å². The van der Waals surface area contributed by atoms with Crippen LogP contribution in [0, 0.1) is 17.2 Å². The number of carbonyl (C=O) groups excluding carboxylic acids is 1. The molecule has 1 aromatic rings. The van der Waals surface area contributed by atoms with Crippen LogP contribution in [0.5, 0.6) is 0 Å². The maximum atomic E-state index is 13.1. The SMILES string of the molecule is CC1OC(=O)N(c2ccc(C#N)c(Cl)c2)C1C(CO)C(F)(F)F. The van der Waals surface area contributed by atoms with Crippen molar-refractivity contribution < 1.29 is 27.8 Å². The molecule has 3 atom stereocenters. The number of benzene rings is 1. The van der Waals surface area contributed by atoms with E-state index in [4.69, 9.17) is 26.7 Å². The van der Waals surface area contributed by atoms with Crippen LogP contribution in [0.15, 0.2) is 18.2 Å². The molecular formula is C14H12ClF3N2O3. The lowest BCUT2D eigenvalue weighted by atomic mass is 9.94. The summed E-state index contributed by atoms with van der Waals surface area (Å²) >= 11 is 5.87. The second-order valence-electron chi connectivity index (χ2n) is 5.06. The molecule has 3 unspecified atom stereocenters. The molecule has 23 heavy (non-hydrogen) atoms. The fraction of sp³-hybridized carbons (Fsp3) is 0.429. The molecule has 1 fully saturated rings. The van der Waals surface area contributed by atoms with E-state index in [-0.39, 0.29) is 16.3 Å². The van der Waals surface area contributed by atoms with Crippen molar-refractivity contribution >= 4 is 23.4 Å². The first-order chi connectivity index (χ1) is 10.7. The minimum absolute atomic E-state index is 0.00339. The van der Waals surface area contributed by atoms with Crippen molar-refractivity contribution in [1.29, 1.82) is 5.26 Å². The van der Waals surface area contributed by atoms with E-state index in [1.165, 1.54) is 25.1 Å². The summed E-state index contributed by atoms with van der Waals surface area (Å²) in [4.78, 5) is 12.8. The molecule has 0 aromatic heterocycles. The zero-order chi connectivity index (χ0) is 17.4. The van der Waals surface area contributed by atoms with Gasteiger partial charge < -0.3 is 9.84 Å². The van der Waals surface area contributed by atoms with E-state index >= 15 is 0 Å². The molecule has 1 heterocycles. The van der Waals surface area contributed by atoms with Gasteiger partial charge in [-0.05, 0) is 25.1 Å². The van der Waals surface area contributed by atoms with E-state index in [1.54, 1.807) is 0 Å². The Bertz CT molecular complexity index is 660. The Hall–Kier alpha value is -1.98. The van der Waals surface area contributed by atoms with Crippen LogP contribution in [-0.4, -0.2) is 36.1 Å². The van der Waals surface area contributed by atoms with Crippen molar-refractivity contribution in [2.75, 3.05) is 11.5 Å². The average molecular weight is 349 g/mol. The molecule has 5 nitrogen and oxygen atoms in total. The number of hydrogen-bond donors (Lipinski definition) is 1. The van der Waals surface area contributed by atoms with Crippen LogP contribution in [0.25, 0.3) is 0 Å². The van der Waals surface area contributed by atoms with Gasteiger partial charge in [0.1, 0.15) is 18.1 Å². The largest absolute Gasteiger partial charge is 0.444 e. The lowest BCUT2D eigenvalue weighted by Crippen LogP contribution is -2.49. The molecule has 9 heteroatoms. The summed E-state index contributed by atoms with van der Waals surface area (Å²) < 4.78 is 44.3. The highest BCUT2D eigenvalue weighted by Crippen LogP contribution is 2.39. The highest BCUT2D eigenvalue weighted by atomic mass is 35.5. The molecule has 1 aromatic carbocycles. The Morgan fingerprint density at radius 3 is 2.65 bits per heavy atom. The second kappa shape index (κ2) is 6.26. The number of nitrogens with zero attached hydrogens (tertiary/aromatic N) is 2. The van der Waals surface area contributed by atoms with Crippen LogP contribution in [0.2, 0.25) is 5.02 Å². The molecule has 1 aliphatic rings. The van der Waals surface area contributed by atoms with Gasteiger partial charge in [0.15, 0.2) is 0 Å². The van der Waals surface area contributed by atoms with Gasteiger partial charge in [0.25, 0.3) is 0 Å². The molecule has 0 radical (unpaired) electrons. The van der Waals surface area contributed by atoms with Crippen molar-refractivity contribution in [1.82, 2.24) is 0 Å². The number of ether oxygens (including phenoxy) is 1. The van der Waals surface area contributed by atoms with Crippen LogP contribution < -0.4 is 4.90 Å². The number of anilines is 1. The van der Waals surface area contributed by atoms with Crippen LogP contribution in [0.3, 0.4) is 0 Å². The molecule has 1 saturated heterocycles. The number of nitriles is 1. The molecule has 1 aliphatic heterocycles. The number of amides is 1. The molecule has 1 amide bonds. The van der Waals surface area contributed by atoms with Gasteiger partial charge in [-0.3, -0.25) is 4.90 Å². The third-order valence-electron chi connectivity index (χ3n) is 3.64. The van der Waals surface area contributed by atoms with Gasteiger partial charge in [0.2, 0.25) is 0 Å². The molecular weight excluding hydrogens is 337 g/mol. The molecule has 124 valence electrons. The van der Waals surface area contributed by atoms with Gasteiger partial charge >= 0.3 is 12.3 Å². The maximum absolute atomic E-state index is 13.1. The van der Waals surface area contributed by atoms with Gasteiger partial charge in [0.05, 0.1) is 23.2 Å². The third kappa shape index (κ3) is 3.21. The normalized spacial score (nSPS) is 22.7. The van der Waals surface area contributed by atoms with E-state index < -0.39 is 36.9 Å². The van der Waals surface area contributed by atoms with Crippen molar-refractivity contribution in [3.8, 4) is 6.07 Å². The number of carbonyl (C=O) groups is 1. The Labute approximate surface area is 134 Å². The Morgan fingerprint density at radius 1 is 1.52 bits per heavy atom. The Kier molecular flexibility index (Phi) is 4.73. The smallest absolute Gasteiger partial charge is 0.415 e. The van der Waals surface area contributed by atoms with E-state index in [0.29, 0.717) is 0 Å². The Morgan fingerprint density at radius 2 is 2.17 bits per heavy atom. The summed E-state index contributed by atoms with van der Waals surface area (Å²) in [6.07, 6.45) is -6.75. The molecule has 1 N–H and O–H groups in total. The van der Waals surface area contributed by atoms with Gasteiger partial charge in [-0.2, -0.15) is 18.4 Å². The van der Waals surface area contributed by atoms with Crippen molar-refractivity contribution in [3.05, 3.63) is 28.8 Å². The number of rotatable bonds is 3. The van der Waals surface area contributed by atoms with E-state index in [2.05, 4.69) is 0 Å². The van der Waals surface area contributed by atoms with E-state index in [1.807, 2.05) is 6.07 Å². The summed E-state index contributed by atoms with van der Waals surface area (Å²) in [6, 6.07) is 4.21. The molecule has 2 rings (SSSR count). The fourth-order valence-electron chi connectivity index (χ4n) is 2.55. The summed E-state index contributed by atoms with van der Waals surface area (Å²) in [5, 5.41) is 18.0. The van der Waals surface area contributed by atoms with Gasteiger partial charge in [-0.15, -0.1) is 0 Å². The Balaban J connectivity index is 2.47. The summed E-state index contributed by atoms with van der Waals surface area (Å²) in [5.74, 6) is -2.17. The minimum Gasteiger partial charge on any atom is -0.444 e. The molecule has 0 bridgehead atoms. The van der Waals surface area contributed by atoms with Crippen LogP contribution in [0.4, 0.5) is 23.7 Å². The van der Waals surface area contributed by atoms with Gasteiger partial charge in [-0.1, -0.05) is 11.6 Å². The highest BCUT2D eigenvalue weighted by Gasteiger charge is 2.54. The standard InChI is InChI=1S/C14H12ClF3N2O3/c1-7-12(10(6-21)14(16,17)18)20(13(22)23-7)9-3-2-8(5-19)11(15)4-9/h2-4,7,10,12,21H,6H2,1H3. The maximum Gasteiger partial charge on any atom is 0.415 e. The molecule has 0 aliphatic carbocycles. The number of aliphatic hydroxyl groups is 1. The monoisotopic (exact) mass is 348 g/mol. The average Bonchev–Trinajstić information content (AvgIpc) is 2.73. The summed E-state index contributed by atoms with van der Waals surface area (Å²) in [6.45, 7) is 0.137. The first kappa shape index (κ1) is 17.4. The number of alkyl halides is 3. The minimum atomic E-state index is -4.71. The number of hydrogen-bond acceptors (Lipinski definition) is 4. The predicted molar refractivity (Wildman–Crippen MR) is 75.0 cm³/mol. The predicted octanol–water partition coefficient (Wildman–Crippen LogP) is 3.10. The number of halogens is 4. The first-order valence-electron chi connectivity index (χ1n) is 6.57. The molecule has 0 spiro atoms. The lowest BCUT2D eigenvalue weighted by molar-refractivity contribution is -0.192. The third-order valence-corrected chi connectivity index (χ3v) is 3.96. The topological polar surface area (TPSA) is 73.6 Å². The van der Waals surface area contributed by atoms with Crippen molar-refractivity contribution in [2.45, 2.75) is 25.2 Å². The zero-order valence-corrected chi connectivity index (χ0v) is 12.6. The first-order valence-corrected chi connectivity index (χ1v) is 6.95. The van der Waals surface area contributed by atoms with Crippen molar-refractivity contribution in [2.24, 2.45) is 5.92 Å². The van der Waals surface area contributed by atoms with Crippen LogP contribution in [-0.2, 0) is 4.74 Å². The lowest BCUT2D eigenvalue weighted by Gasteiger charge is -2.31.